The molecule has 126 valence electrons. The van der Waals surface area contributed by atoms with Crippen LogP contribution in [0.15, 0.2) is 30.3 Å². The van der Waals surface area contributed by atoms with Gasteiger partial charge in [-0.2, -0.15) is 0 Å². The highest BCUT2D eigenvalue weighted by Crippen LogP contribution is 2.47. The van der Waals surface area contributed by atoms with E-state index in [1.54, 1.807) is 0 Å². The van der Waals surface area contributed by atoms with E-state index in [0.717, 1.165) is 5.56 Å². The minimum atomic E-state index is -1.48. The molecule has 1 aliphatic carbocycles. The van der Waals surface area contributed by atoms with Crippen molar-refractivity contribution in [3.63, 3.8) is 0 Å². The number of amides is 1. The molecule has 1 saturated heterocycles. The third-order valence-electron chi connectivity index (χ3n) is 4.56. The molecule has 1 saturated carbocycles. The largest absolute Gasteiger partial charge is 0.394 e. The van der Waals surface area contributed by atoms with Crippen LogP contribution in [0.1, 0.15) is 17.9 Å². The van der Waals surface area contributed by atoms with Gasteiger partial charge in [-0.25, -0.2) is 0 Å². The van der Waals surface area contributed by atoms with E-state index in [9.17, 15) is 20.1 Å². The Balaban J connectivity index is 1.60. The summed E-state index contributed by atoms with van der Waals surface area (Å²) >= 11 is 0. The predicted octanol–water partition coefficient (Wildman–Crippen LogP) is -1.29. The van der Waals surface area contributed by atoms with E-state index in [0.29, 0.717) is 6.42 Å². The van der Waals surface area contributed by atoms with E-state index in [2.05, 4.69) is 5.32 Å². The Hall–Kier alpha value is -1.51. The van der Waals surface area contributed by atoms with Crippen molar-refractivity contribution in [2.24, 2.45) is 5.92 Å². The molecule has 1 aromatic rings. The molecule has 7 heteroatoms. The number of benzene rings is 1. The maximum atomic E-state index is 12.3. The van der Waals surface area contributed by atoms with E-state index in [1.807, 2.05) is 30.3 Å². The lowest BCUT2D eigenvalue weighted by Gasteiger charge is -2.40. The molecule has 7 nitrogen and oxygen atoms in total. The van der Waals surface area contributed by atoms with Crippen molar-refractivity contribution >= 4 is 5.91 Å². The van der Waals surface area contributed by atoms with Gasteiger partial charge in [-0.3, -0.25) is 4.79 Å². The molecule has 0 radical (unpaired) electrons. The first kappa shape index (κ1) is 16.4. The second-order valence-corrected chi connectivity index (χ2v) is 6.12. The van der Waals surface area contributed by atoms with Gasteiger partial charge in [0, 0.05) is 5.92 Å². The molecule has 2 aliphatic rings. The van der Waals surface area contributed by atoms with Crippen LogP contribution in [0.25, 0.3) is 0 Å². The Bertz CT molecular complexity index is 553. The molecule has 23 heavy (non-hydrogen) atoms. The first-order valence-electron chi connectivity index (χ1n) is 7.68. The summed E-state index contributed by atoms with van der Waals surface area (Å²) in [4.78, 5) is 12.3. The lowest BCUT2D eigenvalue weighted by molar-refractivity contribution is -0.253. The average Bonchev–Trinajstić information content (AvgIpc) is 3.36. The molecule has 2 unspecified atom stereocenters. The SMILES string of the molecule is O=C(N[C@@H]1[C@@H](O)[C@H](O)[C@@H](CO)O[C@H]1O)C1CC1c1ccccc1. The zero-order valence-electron chi connectivity index (χ0n) is 12.4. The lowest BCUT2D eigenvalue weighted by Crippen LogP contribution is -2.64. The van der Waals surface area contributed by atoms with Gasteiger partial charge in [-0.15, -0.1) is 0 Å². The van der Waals surface area contributed by atoms with Gasteiger partial charge in [-0.1, -0.05) is 30.3 Å². The maximum Gasteiger partial charge on any atom is 0.224 e. The summed E-state index contributed by atoms with van der Waals surface area (Å²) in [5.41, 5.74) is 1.08. The van der Waals surface area contributed by atoms with Crippen molar-refractivity contribution in [3.8, 4) is 0 Å². The zero-order valence-corrected chi connectivity index (χ0v) is 12.4. The quantitative estimate of drug-likeness (QED) is 0.470. The summed E-state index contributed by atoms with van der Waals surface area (Å²) in [6.07, 6.45) is -4.64. The molecule has 0 aromatic heterocycles. The van der Waals surface area contributed by atoms with Crippen LogP contribution >= 0.6 is 0 Å². The monoisotopic (exact) mass is 323 g/mol. The Labute approximate surface area is 133 Å². The van der Waals surface area contributed by atoms with Crippen molar-refractivity contribution in [2.45, 2.75) is 43.0 Å². The molecule has 0 bridgehead atoms. The molecule has 7 atom stereocenters. The first-order chi connectivity index (χ1) is 11.0. The minimum Gasteiger partial charge on any atom is -0.394 e. The number of aliphatic hydroxyl groups excluding tert-OH is 4. The number of carbonyl (C=O) groups is 1. The zero-order chi connectivity index (χ0) is 16.6. The fourth-order valence-electron chi connectivity index (χ4n) is 3.08. The van der Waals surface area contributed by atoms with Gasteiger partial charge in [0.1, 0.15) is 24.4 Å². The topological polar surface area (TPSA) is 119 Å². The Morgan fingerprint density at radius 3 is 2.52 bits per heavy atom. The first-order valence-corrected chi connectivity index (χ1v) is 7.68. The number of ether oxygens (including phenoxy) is 1. The number of carbonyl (C=O) groups excluding carboxylic acids is 1. The summed E-state index contributed by atoms with van der Waals surface area (Å²) in [5, 5.41) is 41.3. The van der Waals surface area contributed by atoms with Gasteiger partial charge in [0.15, 0.2) is 6.29 Å². The number of nitrogens with one attached hydrogen (secondary N) is 1. The van der Waals surface area contributed by atoms with E-state index in [4.69, 9.17) is 9.84 Å². The fourth-order valence-corrected chi connectivity index (χ4v) is 3.08. The van der Waals surface area contributed by atoms with Crippen molar-refractivity contribution < 1.29 is 30.0 Å². The number of rotatable bonds is 4. The van der Waals surface area contributed by atoms with Crippen LogP contribution in [0.4, 0.5) is 0 Å². The Morgan fingerprint density at radius 2 is 1.87 bits per heavy atom. The van der Waals surface area contributed by atoms with Crippen molar-refractivity contribution in [2.75, 3.05) is 6.61 Å². The van der Waals surface area contributed by atoms with E-state index < -0.39 is 37.3 Å². The summed E-state index contributed by atoms with van der Waals surface area (Å²) < 4.78 is 5.02. The molecule has 0 spiro atoms. The second kappa shape index (κ2) is 6.54. The van der Waals surface area contributed by atoms with E-state index in [1.165, 1.54) is 0 Å². The van der Waals surface area contributed by atoms with Crippen LogP contribution < -0.4 is 5.32 Å². The van der Waals surface area contributed by atoms with Gasteiger partial charge < -0.3 is 30.5 Å². The summed E-state index contributed by atoms with van der Waals surface area (Å²) in [6.45, 7) is -0.533. The fraction of sp³-hybridized carbons (Fsp3) is 0.562. The molecule has 1 aromatic carbocycles. The lowest BCUT2D eigenvalue weighted by atomic mass is 9.97. The van der Waals surface area contributed by atoms with Gasteiger partial charge in [0.05, 0.1) is 6.61 Å². The molecule has 1 amide bonds. The van der Waals surface area contributed by atoms with Crippen LogP contribution in [0.5, 0.6) is 0 Å². The van der Waals surface area contributed by atoms with Gasteiger partial charge >= 0.3 is 0 Å². The standard InChI is InChI=1S/C16H21NO6/c18-7-11-13(19)14(20)12(16(22)23-11)17-15(21)10-6-9(10)8-4-2-1-3-5-8/h1-5,9-14,16,18-20,22H,6-7H2,(H,17,21)/t9?,10?,11-,12-,13-,14-,16-/m1/s1. The number of hydrogen-bond acceptors (Lipinski definition) is 6. The maximum absolute atomic E-state index is 12.3. The molecular formula is C16H21NO6. The highest BCUT2D eigenvalue weighted by Gasteiger charge is 2.48. The van der Waals surface area contributed by atoms with Crippen molar-refractivity contribution in [1.29, 1.82) is 0 Å². The van der Waals surface area contributed by atoms with Crippen molar-refractivity contribution in [3.05, 3.63) is 35.9 Å². The summed E-state index contributed by atoms with van der Waals surface area (Å²) in [7, 11) is 0. The molecule has 2 fully saturated rings. The summed E-state index contributed by atoms with van der Waals surface area (Å²) in [5.74, 6) is -0.380. The van der Waals surface area contributed by atoms with Crippen molar-refractivity contribution in [1.82, 2.24) is 5.32 Å². The molecule has 3 rings (SSSR count). The minimum absolute atomic E-state index is 0.130. The predicted molar refractivity (Wildman–Crippen MR) is 79.2 cm³/mol. The summed E-state index contributed by atoms with van der Waals surface area (Å²) in [6, 6.07) is 8.53. The highest BCUT2D eigenvalue weighted by atomic mass is 16.6. The van der Waals surface area contributed by atoms with Crippen LogP contribution in [0, 0.1) is 5.92 Å². The Kier molecular flexibility index (Phi) is 4.65. The van der Waals surface area contributed by atoms with E-state index in [-0.39, 0.29) is 17.7 Å². The molecule has 5 N–H and O–H groups in total. The average molecular weight is 323 g/mol. The molecular weight excluding hydrogens is 302 g/mol. The second-order valence-electron chi connectivity index (χ2n) is 6.12. The number of hydrogen-bond donors (Lipinski definition) is 5. The van der Waals surface area contributed by atoms with Gasteiger partial charge in [-0.05, 0) is 17.9 Å². The molecule has 1 heterocycles. The number of aliphatic hydroxyl groups is 4. The normalized spacial score (nSPS) is 39.7. The van der Waals surface area contributed by atoms with E-state index >= 15 is 0 Å². The Morgan fingerprint density at radius 1 is 1.17 bits per heavy atom. The molecule has 1 aliphatic heterocycles. The smallest absolute Gasteiger partial charge is 0.224 e. The van der Waals surface area contributed by atoms with Crippen LogP contribution in [0.2, 0.25) is 0 Å². The third kappa shape index (κ3) is 3.24. The third-order valence-corrected chi connectivity index (χ3v) is 4.56. The highest BCUT2D eigenvalue weighted by molar-refractivity contribution is 5.83. The van der Waals surface area contributed by atoms with Crippen LogP contribution in [-0.2, 0) is 9.53 Å². The van der Waals surface area contributed by atoms with Gasteiger partial charge in [0.2, 0.25) is 5.91 Å². The van der Waals surface area contributed by atoms with Gasteiger partial charge in [0.25, 0.3) is 0 Å². The van der Waals surface area contributed by atoms with Crippen LogP contribution in [0.3, 0.4) is 0 Å². The van der Waals surface area contributed by atoms with Crippen LogP contribution in [-0.4, -0.2) is 63.6 Å².